The Morgan fingerprint density at radius 3 is 2.64 bits per heavy atom. The lowest BCUT2D eigenvalue weighted by Gasteiger charge is -2.33. The summed E-state index contributed by atoms with van der Waals surface area (Å²) in [6.07, 6.45) is 1.71. The van der Waals surface area contributed by atoms with Gasteiger partial charge in [0.1, 0.15) is 17.4 Å². The number of nitrogens with one attached hydrogen (secondary N) is 1. The van der Waals surface area contributed by atoms with Crippen LogP contribution in [0.3, 0.4) is 0 Å². The van der Waals surface area contributed by atoms with Crippen molar-refractivity contribution in [2.45, 2.75) is 19.8 Å². The first-order chi connectivity index (χ1) is 17.4. The van der Waals surface area contributed by atoms with Gasteiger partial charge in [-0.3, -0.25) is 4.79 Å². The lowest BCUT2D eigenvalue weighted by Crippen LogP contribution is -2.37. The summed E-state index contributed by atoms with van der Waals surface area (Å²) in [5.41, 5.74) is 4.12. The topological polar surface area (TPSA) is 96.5 Å². The van der Waals surface area contributed by atoms with Gasteiger partial charge in [0.25, 0.3) is 0 Å². The summed E-state index contributed by atoms with van der Waals surface area (Å²) in [6, 6.07) is 21.8. The van der Waals surface area contributed by atoms with E-state index in [0.717, 1.165) is 22.0 Å². The van der Waals surface area contributed by atoms with Crippen LogP contribution < -0.4 is 5.32 Å². The molecule has 7 nitrogen and oxygen atoms in total. The second-order valence-corrected chi connectivity index (χ2v) is 9.74. The number of hydrogen-bond donors (Lipinski definition) is 1. The predicted molar refractivity (Wildman–Crippen MR) is 136 cm³/mol. The van der Waals surface area contributed by atoms with Crippen molar-refractivity contribution in [1.29, 1.82) is 5.26 Å². The maximum Gasteiger partial charge on any atom is 0.232 e. The lowest BCUT2D eigenvalue weighted by atomic mass is 9.70. The van der Waals surface area contributed by atoms with E-state index in [1.54, 1.807) is 22.5 Å². The number of amides is 1. The first-order valence-corrected chi connectivity index (χ1v) is 12.1. The Bertz CT molecular complexity index is 1590. The first kappa shape index (κ1) is 23.3. The summed E-state index contributed by atoms with van der Waals surface area (Å²) in [5.74, 6) is -0.928. The maximum absolute atomic E-state index is 13.7. The van der Waals surface area contributed by atoms with E-state index in [1.807, 2.05) is 68.4 Å². The Morgan fingerprint density at radius 1 is 1.11 bits per heavy atom. The molecule has 0 unspecified atom stereocenters. The molecule has 2 aromatic heterocycles. The molecule has 1 amide bonds. The van der Waals surface area contributed by atoms with Crippen LogP contribution in [0.25, 0.3) is 16.6 Å². The minimum atomic E-state index is -0.846. The summed E-state index contributed by atoms with van der Waals surface area (Å²) < 4.78 is 15.3. The highest BCUT2D eigenvalue weighted by Crippen LogP contribution is 2.42. The van der Waals surface area contributed by atoms with Gasteiger partial charge >= 0.3 is 0 Å². The minimum absolute atomic E-state index is 0.172. The quantitative estimate of drug-likeness (QED) is 0.326. The Kier molecular flexibility index (Phi) is 6.04. The largest absolute Gasteiger partial charge is 0.300 e. The molecule has 178 valence electrons. The Morgan fingerprint density at radius 2 is 1.92 bits per heavy atom. The van der Waals surface area contributed by atoms with Gasteiger partial charge in [0.15, 0.2) is 0 Å². The molecule has 0 saturated carbocycles. The molecule has 5 aromatic rings. The number of fused-ring (bicyclic) bond motifs is 1. The SMILES string of the molecule is CC(C)(C(=O)Nc1nncs1)[C@@H](c1ccccc1)c1ccc2c(cnn2-c2ccc(F)cc2C#N)c1. The Hall–Kier alpha value is -4.42. The van der Waals surface area contributed by atoms with E-state index in [4.69, 9.17) is 0 Å². The van der Waals surface area contributed by atoms with Crippen molar-refractivity contribution in [3.8, 4) is 11.8 Å². The number of aromatic nitrogens is 4. The number of rotatable bonds is 6. The lowest BCUT2D eigenvalue weighted by molar-refractivity contribution is -0.124. The fourth-order valence-corrected chi connectivity index (χ4v) is 4.93. The van der Waals surface area contributed by atoms with E-state index < -0.39 is 11.2 Å². The van der Waals surface area contributed by atoms with Crippen LogP contribution in [0.1, 0.15) is 36.5 Å². The summed E-state index contributed by atoms with van der Waals surface area (Å²) in [4.78, 5) is 13.4. The fraction of sp³-hybridized carbons (Fsp3) is 0.148. The van der Waals surface area contributed by atoms with Gasteiger partial charge in [0, 0.05) is 11.3 Å². The van der Waals surface area contributed by atoms with Crippen LogP contribution in [-0.4, -0.2) is 25.9 Å². The predicted octanol–water partition coefficient (Wildman–Crippen LogP) is 5.68. The summed E-state index contributed by atoms with van der Waals surface area (Å²) >= 11 is 1.27. The molecule has 0 radical (unpaired) electrons. The average molecular weight is 497 g/mol. The second kappa shape index (κ2) is 9.32. The van der Waals surface area contributed by atoms with E-state index in [-0.39, 0.29) is 17.4 Å². The van der Waals surface area contributed by atoms with Crippen molar-refractivity contribution in [2.75, 3.05) is 5.32 Å². The van der Waals surface area contributed by atoms with Crippen LogP contribution in [0.4, 0.5) is 9.52 Å². The molecular weight excluding hydrogens is 475 g/mol. The maximum atomic E-state index is 13.7. The highest BCUT2D eigenvalue weighted by molar-refractivity contribution is 7.13. The van der Waals surface area contributed by atoms with Crippen LogP contribution >= 0.6 is 11.3 Å². The van der Waals surface area contributed by atoms with Crippen LogP contribution in [0, 0.1) is 22.6 Å². The van der Waals surface area contributed by atoms with Crippen molar-refractivity contribution in [2.24, 2.45) is 5.41 Å². The molecule has 0 fully saturated rings. The normalized spacial score (nSPS) is 12.3. The zero-order chi connectivity index (χ0) is 25.3. The van der Waals surface area contributed by atoms with Gasteiger partial charge < -0.3 is 5.32 Å². The standard InChI is InChI=1S/C27H21FN6OS/c1-27(2,25(35)32-26-33-30-16-36-26)24(17-6-4-3-5-7-17)18-8-10-23-20(12-18)15-31-34(23)22-11-9-21(28)13-19(22)14-29/h3-13,15-16,24H,1-2H3,(H,32,33,35)/t24-/m0/s1. The summed E-state index contributed by atoms with van der Waals surface area (Å²) in [5, 5.41) is 25.9. The van der Waals surface area contributed by atoms with Crippen LogP contribution in [0.2, 0.25) is 0 Å². The molecule has 1 N–H and O–H groups in total. The highest BCUT2D eigenvalue weighted by atomic mass is 32.1. The zero-order valence-electron chi connectivity index (χ0n) is 19.5. The average Bonchev–Trinajstić information content (AvgIpc) is 3.54. The minimum Gasteiger partial charge on any atom is -0.300 e. The Labute approximate surface area is 210 Å². The van der Waals surface area contributed by atoms with Gasteiger partial charge in [0.05, 0.1) is 28.4 Å². The number of nitriles is 1. The number of carbonyl (C=O) groups excluding carboxylic acids is 1. The van der Waals surface area contributed by atoms with E-state index in [0.29, 0.717) is 10.8 Å². The highest BCUT2D eigenvalue weighted by Gasteiger charge is 2.39. The molecule has 36 heavy (non-hydrogen) atoms. The third-order valence-corrected chi connectivity index (χ3v) is 6.86. The van der Waals surface area contributed by atoms with Crippen molar-refractivity contribution in [3.05, 3.63) is 101 Å². The molecule has 5 rings (SSSR count). The zero-order valence-corrected chi connectivity index (χ0v) is 20.3. The third kappa shape index (κ3) is 4.23. The monoisotopic (exact) mass is 496 g/mol. The second-order valence-electron chi connectivity index (χ2n) is 8.91. The van der Waals surface area contributed by atoms with Crippen molar-refractivity contribution in [1.82, 2.24) is 20.0 Å². The van der Waals surface area contributed by atoms with Crippen LogP contribution in [-0.2, 0) is 4.79 Å². The molecule has 2 heterocycles. The molecule has 9 heteroatoms. The van der Waals surface area contributed by atoms with E-state index in [2.05, 4.69) is 20.6 Å². The molecule has 0 bridgehead atoms. The van der Waals surface area contributed by atoms with Gasteiger partial charge in [-0.25, -0.2) is 9.07 Å². The molecule has 0 aliphatic rings. The van der Waals surface area contributed by atoms with Gasteiger partial charge in [-0.05, 0) is 41.5 Å². The van der Waals surface area contributed by atoms with Gasteiger partial charge in [0.2, 0.25) is 11.0 Å². The molecular formula is C27H21FN6OS. The number of halogens is 1. The van der Waals surface area contributed by atoms with Gasteiger partial charge in [-0.15, -0.1) is 10.2 Å². The number of nitrogens with zero attached hydrogens (tertiary/aromatic N) is 5. The number of benzene rings is 3. The summed E-state index contributed by atoms with van der Waals surface area (Å²) in [7, 11) is 0. The van der Waals surface area contributed by atoms with E-state index in [9.17, 15) is 14.4 Å². The van der Waals surface area contributed by atoms with E-state index >= 15 is 0 Å². The van der Waals surface area contributed by atoms with Crippen LogP contribution in [0.15, 0.2) is 78.4 Å². The van der Waals surface area contributed by atoms with Crippen molar-refractivity contribution in [3.63, 3.8) is 0 Å². The van der Waals surface area contributed by atoms with Gasteiger partial charge in [-0.1, -0.05) is 61.6 Å². The van der Waals surface area contributed by atoms with Gasteiger partial charge in [-0.2, -0.15) is 10.4 Å². The van der Waals surface area contributed by atoms with Crippen molar-refractivity contribution >= 4 is 33.3 Å². The number of hydrogen-bond acceptors (Lipinski definition) is 6. The smallest absolute Gasteiger partial charge is 0.232 e. The molecule has 0 saturated heterocycles. The Balaban J connectivity index is 1.59. The van der Waals surface area contributed by atoms with E-state index in [1.165, 1.54) is 23.5 Å². The molecule has 0 spiro atoms. The van der Waals surface area contributed by atoms with Crippen molar-refractivity contribution < 1.29 is 9.18 Å². The first-order valence-electron chi connectivity index (χ1n) is 11.2. The van der Waals surface area contributed by atoms with Crippen LogP contribution in [0.5, 0.6) is 0 Å². The molecule has 0 aliphatic heterocycles. The molecule has 1 atom stereocenters. The number of anilines is 1. The molecule has 3 aromatic carbocycles. The number of carbonyl (C=O) groups is 1. The third-order valence-electron chi connectivity index (χ3n) is 6.25. The summed E-state index contributed by atoms with van der Waals surface area (Å²) in [6.45, 7) is 3.82. The molecule has 0 aliphatic carbocycles. The fourth-order valence-electron chi connectivity index (χ4n) is 4.49.